The summed E-state index contributed by atoms with van der Waals surface area (Å²) in [5, 5.41) is 3.00. The molecular weight excluding hydrogens is 126 g/mol. The van der Waals surface area contributed by atoms with Gasteiger partial charge in [0, 0.05) is 12.8 Å². The van der Waals surface area contributed by atoms with E-state index in [-0.39, 0.29) is 6.04 Å². The van der Waals surface area contributed by atoms with Gasteiger partial charge >= 0.3 is 0 Å². The van der Waals surface area contributed by atoms with Crippen molar-refractivity contribution in [2.24, 2.45) is 5.18 Å². The van der Waals surface area contributed by atoms with E-state index in [0.29, 0.717) is 6.42 Å². The van der Waals surface area contributed by atoms with E-state index in [9.17, 15) is 4.91 Å². The van der Waals surface area contributed by atoms with E-state index in [1.165, 1.54) is 0 Å². The maximum atomic E-state index is 10.1. The molecule has 0 fully saturated rings. The van der Waals surface area contributed by atoms with Gasteiger partial charge in [-0.2, -0.15) is 4.91 Å². The quantitative estimate of drug-likeness (QED) is 0.402. The standard InChI is InChI=1S/C8H11NO/c10-9-8-6-4-2-1-3-5-7-8/h8H,1-2,4,6-7H2. The molecule has 0 aliphatic heterocycles. The van der Waals surface area contributed by atoms with Crippen molar-refractivity contribution in [1.29, 1.82) is 0 Å². The Hall–Kier alpha value is -0.840. The smallest absolute Gasteiger partial charge is 0.103 e. The minimum Gasteiger partial charge on any atom is -0.150 e. The monoisotopic (exact) mass is 137 g/mol. The Kier molecular flexibility index (Phi) is 2.95. The van der Waals surface area contributed by atoms with Gasteiger partial charge in [-0.1, -0.05) is 11.6 Å². The lowest BCUT2D eigenvalue weighted by Crippen LogP contribution is -2.03. The van der Waals surface area contributed by atoms with E-state index in [1.54, 1.807) is 0 Å². The third kappa shape index (κ3) is 2.18. The highest BCUT2D eigenvalue weighted by atomic mass is 16.3. The predicted molar refractivity (Wildman–Crippen MR) is 40.4 cm³/mol. The summed E-state index contributed by atoms with van der Waals surface area (Å²) >= 11 is 0. The van der Waals surface area contributed by atoms with Crippen molar-refractivity contribution in [3.8, 4) is 11.8 Å². The van der Waals surface area contributed by atoms with Crippen LogP contribution in [-0.4, -0.2) is 6.04 Å². The van der Waals surface area contributed by atoms with Crippen molar-refractivity contribution in [2.45, 2.75) is 38.1 Å². The van der Waals surface area contributed by atoms with Crippen molar-refractivity contribution in [1.82, 2.24) is 0 Å². The molecule has 0 saturated heterocycles. The molecule has 2 nitrogen and oxygen atoms in total. The lowest BCUT2D eigenvalue weighted by Gasteiger charge is -2.05. The predicted octanol–water partition coefficient (Wildman–Crippen LogP) is 2.09. The molecule has 0 aromatic carbocycles. The van der Waals surface area contributed by atoms with Crippen LogP contribution in [0.2, 0.25) is 0 Å². The number of rotatable bonds is 1. The first-order valence-corrected chi connectivity index (χ1v) is 3.71. The summed E-state index contributed by atoms with van der Waals surface area (Å²) in [5.74, 6) is 5.95. The van der Waals surface area contributed by atoms with Gasteiger partial charge in [0.15, 0.2) is 0 Å². The molecule has 10 heavy (non-hydrogen) atoms. The van der Waals surface area contributed by atoms with Crippen LogP contribution in [-0.2, 0) is 0 Å². The molecule has 0 aromatic heterocycles. The van der Waals surface area contributed by atoms with Crippen LogP contribution in [0.25, 0.3) is 0 Å². The summed E-state index contributed by atoms with van der Waals surface area (Å²) in [6, 6.07) is -0.0344. The highest BCUT2D eigenvalue weighted by molar-refractivity contribution is 5.02. The summed E-state index contributed by atoms with van der Waals surface area (Å²) in [4.78, 5) is 10.1. The molecule has 0 amide bonds. The van der Waals surface area contributed by atoms with Crippen LogP contribution >= 0.6 is 0 Å². The Labute approximate surface area is 61.0 Å². The first-order chi connectivity index (χ1) is 4.93. The third-order valence-electron chi connectivity index (χ3n) is 1.70. The fraction of sp³-hybridized carbons (Fsp3) is 0.750. The van der Waals surface area contributed by atoms with Crippen molar-refractivity contribution in [3.05, 3.63) is 4.91 Å². The Balaban J connectivity index is 2.42. The minimum absolute atomic E-state index is 0.0344. The zero-order valence-corrected chi connectivity index (χ0v) is 5.97. The van der Waals surface area contributed by atoms with Crippen LogP contribution in [0.3, 0.4) is 0 Å². The van der Waals surface area contributed by atoms with E-state index >= 15 is 0 Å². The second-order valence-corrected chi connectivity index (χ2v) is 2.56. The molecule has 1 unspecified atom stereocenters. The molecule has 0 aromatic rings. The average molecular weight is 137 g/mol. The van der Waals surface area contributed by atoms with Crippen LogP contribution in [0.1, 0.15) is 32.1 Å². The lowest BCUT2D eigenvalue weighted by atomic mass is 10.0. The lowest BCUT2D eigenvalue weighted by molar-refractivity contribution is 0.570. The first-order valence-electron chi connectivity index (χ1n) is 3.71. The van der Waals surface area contributed by atoms with Gasteiger partial charge in [0.05, 0.1) is 0 Å². The van der Waals surface area contributed by atoms with Crippen LogP contribution in [0.5, 0.6) is 0 Å². The van der Waals surface area contributed by atoms with E-state index < -0.39 is 0 Å². The SMILES string of the molecule is O=NC1CC#CCCCC1. The van der Waals surface area contributed by atoms with Gasteiger partial charge in [-0.15, -0.1) is 11.8 Å². The Bertz CT molecular complexity index is 166. The first kappa shape index (κ1) is 7.27. The Morgan fingerprint density at radius 1 is 1.30 bits per heavy atom. The summed E-state index contributed by atoms with van der Waals surface area (Å²) in [6.45, 7) is 0. The van der Waals surface area contributed by atoms with E-state index in [1.807, 2.05) is 0 Å². The molecule has 54 valence electrons. The second kappa shape index (κ2) is 4.05. The van der Waals surface area contributed by atoms with Gasteiger partial charge in [-0.3, -0.25) is 0 Å². The second-order valence-electron chi connectivity index (χ2n) is 2.56. The molecule has 1 aliphatic carbocycles. The Morgan fingerprint density at radius 3 is 3.00 bits per heavy atom. The molecule has 1 aliphatic rings. The third-order valence-corrected chi connectivity index (χ3v) is 1.70. The van der Waals surface area contributed by atoms with Gasteiger partial charge < -0.3 is 0 Å². The Morgan fingerprint density at radius 2 is 2.20 bits per heavy atom. The molecule has 0 N–H and O–H groups in total. The summed E-state index contributed by atoms with van der Waals surface area (Å²) < 4.78 is 0. The average Bonchev–Trinajstić information content (AvgIpc) is 1.87. The van der Waals surface area contributed by atoms with Crippen molar-refractivity contribution in [2.75, 3.05) is 0 Å². The van der Waals surface area contributed by atoms with Crippen molar-refractivity contribution < 1.29 is 0 Å². The molecular formula is C8H11NO. The zero-order chi connectivity index (χ0) is 7.23. The number of hydrogen-bond donors (Lipinski definition) is 0. The summed E-state index contributed by atoms with van der Waals surface area (Å²) in [7, 11) is 0. The molecule has 1 atom stereocenters. The number of nitrogens with zero attached hydrogens (tertiary/aromatic N) is 1. The van der Waals surface area contributed by atoms with Gasteiger partial charge in [-0.25, -0.2) is 0 Å². The van der Waals surface area contributed by atoms with Crippen molar-refractivity contribution in [3.63, 3.8) is 0 Å². The number of nitroso groups, excluding NO2 is 1. The summed E-state index contributed by atoms with van der Waals surface area (Å²) in [6.07, 6.45) is 4.82. The van der Waals surface area contributed by atoms with Crippen LogP contribution in [0, 0.1) is 16.7 Å². The van der Waals surface area contributed by atoms with Crippen LogP contribution in [0.4, 0.5) is 0 Å². The highest BCUT2D eigenvalue weighted by Crippen LogP contribution is 2.11. The van der Waals surface area contributed by atoms with Gasteiger partial charge in [0.25, 0.3) is 0 Å². The highest BCUT2D eigenvalue weighted by Gasteiger charge is 2.06. The molecule has 2 heteroatoms. The largest absolute Gasteiger partial charge is 0.150 e. The van der Waals surface area contributed by atoms with Gasteiger partial charge in [0.2, 0.25) is 0 Å². The minimum atomic E-state index is -0.0344. The zero-order valence-electron chi connectivity index (χ0n) is 5.97. The summed E-state index contributed by atoms with van der Waals surface area (Å²) in [5.41, 5.74) is 0. The van der Waals surface area contributed by atoms with Crippen LogP contribution < -0.4 is 0 Å². The molecule has 0 saturated carbocycles. The fourth-order valence-electron chi connectivity index (χ4n) is 1.06. The topological polar surface area (TPSA) is 29.4 Å². The molecule has 0 radical (unpaired) electrons. The van der Waals surface area contributed by atoms with Crippen LogP contribution in [0.15, 0.2) is 5.18 Å². The van der Waals surface area contributed by atoms with E-state index in [4.69, 9.17) is 0 Å². The molecule has 0 spiro atoms. The molecule has 1 rings (SSSR count). The number of hydrogen-bond acceptors (Lipinski definition) is 2. The normalized spacial score (nSPS) is 25.4. The van der Waals surface area contributed by atoms with Gasteiger partial charge in [-0.05, 0) is 12.8 Å². The maximum Gasteiger partial charge on any atom is 0.103 e. The van der Waals surface area contributed by atoms with Gasteiger partial charge in [0.1, 0.15) is 6.04 Å². The molecule has 0 heterocycles. The van der Waals surface area contributed by atoms with E-state index in [0.717, 1.165) is 25.7 Å². The van der Waals surface area contributed by atoms with Crippen molar-refractivity contribution >= 4 is 0 Å². The molecule has 0 bridgehead atoms. The van der Waals surface area contributed by atoms with E-state index in [2.05, 4.69) is 17.0 Å². The maximum absolute atomic E-state index is 10.1. The fourth-order valence-corrected chi connectivity index (χ4v) is 1.06.